The highest BCUT2D eigenvalue weighted by atomic mass is 16.6. The summed E-state index contributed by atoms with van der Waals surface area (Å²) in [4.78, 5) is 13.9. The van der Waals surface area contributed by atoms with Crippen LogP contribution in [0.2, 0.25) is 0 Å². The van der Waals surface area contributed by atoms with E-state index in [0.717, 1.165) is 32.6 Å². The van der Waals surface area contributed by atoms with E-state index in [0.29, 0.717) is 12.0 Å². The number of likely N-dealkylation sites (tertiary alicyclic amines) is 1. The monoisotopic (exact) mass is 227 g/mol. The predicted octanol–water partition coefficient (Wildman–Crippen LogP) is 2.03. The average molecular weight is 227 g/mol. The molecule has 2 unspecified atom stereocenters. The van der Waals surface area contributed by atoms with Crippen LogP contribution in [0.15, 0.2) is 0 Å². The maximum atomic E-state index is 12.0. The quantitative estimate of drug-likeness (QED) is 0.635. The van der Waals surface area contributed by atoms with Crippen molar-refractivity contribution in [2.24, 2.45) is 5.92 Å². The second-order valence-electron chi connectivity index (χ2n) is 5.75. The molecule has 2 heterocycles. The molecule has 0 saturated carbocycles. The molecule has 2 atom stereocenters. The number of carbonyl (C=O) groups is 1. The largest absolute Gasteiger partial charge is 0.444 e. The molecule has 4 heteroatoms. The molecule has 0 aromatic carbocycles. The van der Waals surface area contributed by atoms with E-state index in [1.807, 2.05) is 25.7 Å². The Balaban J connectivity index is 1.97. The van der Waals surface area contributed by atoms with Gasteiger partial charge < -0.3 is 14.4 Å². The molecule has 0 aliphatic carbocycles. The Labute approximate surface area is 96.9 Å². The number of fused-ring (bicyclic) bond motifs is 2. The van der Waals surface area contributed by atoms with E-state index in [1.54, 1.807) is 0 Å². The van der Waals surface area contributed by atoms with Crippen molar-refractivity contribution in [1.29, 1.82) is 0 Å². The van der Waals surface area contributed by atoms with Gasteiger partial charge in [-0.2, -0.15) is 0 Å². The summed E-state index contributed by atoms with van der Waals surface area (Å²) >= 11 is 0. The number of hydrogen-bond acceptors (Lipinski definition) is 3. The molecule has 92 valence electrons. The summed E-state index contributed by atoms with van der Waals surface area (Å²) in [5.41, 5.74) is -0.402. The predicted molar refractivity (Wildman–Crippen MR) is 60.3 cm³/mol. The molecule has 0 radical (unpaired) electrons. The van der Waals surface area contributed by atoms with Crippen LogP contribution in [0.4, 0.5) is 4.79 Å². The SMILES string of the molecule is CC(C)(C)OC(=O)N1CC2COCCC1C2. The Kier molecular flexibility index (Phi) is 3.10. The number of rotatable bonds is 0. The third-order valence-corrected chi connectivity index (χ3v) is 3.08. The zero-order valence-corrected chi connectivity index (χ0v) is 10.4. The average Bonchev–Trinajstić information content (AvgIpc) is 2.35. The zero-order chi connectivity index (χ0) is 11.8. The molecule has 1 amide bonds. The highest BCUT2D eigenvalue weighted by molar-refractivity contribution is 5.69. The Hall–Kier alpha value is -0.770. The normalized spacial score (nSPS) is 30.1. The van der Waals surface area contributed by atoms with Crippen LogP contribution in [0, 0.1) is 5.92 Å². The van der Waals surface area contributed by atoms with Crippen molar-refractivity contribution in [2.75, 3.05) is 19.8 Å². The summed E-state index contributed by atoms with van der Waals surface area (Å²) in [6.45, 7) is 8.06. The molecule has 0 aromatic heterocycles. The molecule has 2 rings (SSSR count). The summed E-state index contributed by atoms with van der Waals surface area (Å²) in [5, 5.41) is 0. The van der Waals surface area contributed by atoms with Gasteiger partial charge >= 0.3 is 6.09 Å². The van der Waals surface area contributed by atoms with Crippen LogP contribution < -0.4 is 0 Å². The minimum Gasteiger partial charge on any atom is -0.444 e. The van der Waals surface area contributed by atoms with Crippen molar-refractivity contribution in [2.45, 2.75) is 45.3 Å². The van der Waals surface area contributed by atoms with Gasteiger partial charge in [-0.25, -0.2) is 4.79 Å². The van der Waals surface area contributed by atoms with Crippen molar-refractivity contribution in [3.05, 3.63) is 0 Å². The summed E-state index contributed by atoms with van der Waals surface area (Å²) in [6, 6.07) is 0.322. The lowest BCUT2D eigenvalue weighted by Gasteiger charge is -2.29. The lowest BCUT2D eigenvalue weighted by Crippen LogP contribution is -2.41. The van der Waals surface area contributed by atoms with E-state index in [9.17, 15) is 4.79 Å². The summed E-state index contributed by atoms with van der Waals surface area (Å²) < 4.78 is 10.9. The van der Waals surface area contributed by atoms with E-state index in [2.05, 4.69) is 0 Å². The molecule has 0 aromatic rings. The summed E-state index contributed by atoms with van der Waals surface area (Å²) in [7, 11) is 0. The molecule has 0 spiro atoms. The molecule has 2 aliphatic heterocycles. The van der Waals surface area contributed by atoms with Crippen LogP contribution >= 0.6 is 0 Å². The van der Waals surface area contributed by atoms with Crippen LogP contribution in [-0.4, -0.2) is 42.4 Å². The van der Waals surface area contributed by atoms with E-state index < -0.39 is 5.60 Å². The highest BCUT2D eigenvalue weighted by Gasteiger charge is 2.38. The van der Waals surface area contributed by atoms with Crippen LogP contribution in [0.5, 0.6) is 0 Å². The Morgan fingerprint density at radius 1 is 1.44 bits per heavy atom. The van der Waals surface area contributed by atoms with Crippen molar-refractivity contribution < 1.29 is 14.3 Å². The van der Waals surface area contributed by atoms with E-state index in [-0.39, 0.29) is 6.09 Å². The Morgan fingerprint density at radius 3 is 2.88 bits per heavy atom. The molecule has 2 fully saturated rings. The second kappa shape index (κ2) is 4.24. The third kappa shape index (κ3) is 2.67. The third-order valence-electron chi connectivity index (χ3n) is 3.08. The standard InChI is InChI=1S/C12H21NO3/c1-12(2,3)16-11(14)13-7-9-6-10(13)4-5-15-8-9/h9-10H,4-8H2,1-3H3. The number of ether oxygens (including phenoxy) is 2. The van der Waals surface area contributed by atoms with E-state index in [4.69, 9.17) is 9.47 Å². The van der Waals surface area contributed by atoms with Gasteiger partial charge in [0.25, 0.3) is 0 Å². The molecule has 16 heavy (non-hydrogen) atoms. The zero-order valence-electron chi connectivity index (χ0n) is 10.4. The molecule has 0 N–H and O–H groups in total. The van der Waals surface area contributed by atoms with Crippen molar-refractivity contribution in [1.82, 2.24) is 4.90 Å². The fraction of sp³-hybridized carbons (Fsp3) is 0.917. The lowest BCUT2D eigenvalue weighted by atomic mass is 10.1. The van der Waals surface area contributed by atoms with Gasteiger partial charge in [-0.05, 0) is 33.6 Å². The fourth-order valence-corrected chi connectivity index (χ4v) is 2.42. The van der Waals surface area contributed by atoms with Gasteiger partial charge in [0.1, 0.15) is 5.60 Å². The number of hydrogen-bond donors (Lipinski definition) is 0. The van der Waals surface area contributed by atoms with Crippen molar-refractivity contribution in [3.63, 3.8) is 0 Å². The van der Waals surface area contributed by atoms with Crippen molar-refractivity contribution in [3.8, 4) is 0 Å². The van der Waals surface area contributed by atoms with Gasteiger partial charge in [-0.1, -0.05) is 0 Å². The maximum Gasteiger partial charge on any atom is 0.410 e. The second-order valence-corrected chi connectivity index (χ2v) is 5.75. The topological polar surface area (TPSA) is 38.8 Å². The van der Waals surface area contributed by atoms with E-state index in [1.165, 1.54) is 0 Å². The molecular formula is C12H21NO3. The van der Waals surface area contributed by atoms with Gasteiger partial charge in [0.2, 0.25) is 0 Å². The Bertz CT molecular complexity index is 272. The van der Waals surface area contributed by atoms with Gasteiger partial charge in [0, 0.05) is 25.1 Å². The molecular weight excluding hydrogens is 206 g/mol. The number of amides is 1. The van der Waals surface area contributed by atoms with Crippen LogP contribution in [-0.2, 0) is 9.47 Å². The first kappa shape index (κ1) is 11.7. The Morgan fingerprint density at radius 2 is 2.19 bits per heavy atom. The minimum absolute atomic E-state index is 0.165. The summed E-state index contributed by atoms with van der Waals surface area (Å²) in [5.74, 6) is 0.500. The molecule has 2 saturated heterocycles. The van der Waals surface area contributed by atoms with Gasteiger partial charge in [0.05, 0.1) is 6.61 Å². The number of carbonyl (C=O) groups excluding carboxylic acids is 1. The fourth-order valence-electron chi connectivity index (χ4n) is 2.42. The first-order valence-corrected chi connectivity index (χ1v) is 6.03. The number of nitrogens with zero attached hydrogens (tertiary/aromatic N) is 1. The molecule has 2 aliphatic rings. The summed E-state index contributed by atoms with van der Waals surface area (Å²) in [6.07, 6.45) is 1.84. The lowest BCUT2D eigenvalue weighted by molar-refractivity contribution is 0.0138. The minimum atomic E-state index is -0.402. The van der Waals surface area contributed by atoms with Gasteiger partial charge in [0.15, 0.2) is 0 Å². The van der Waals surface area contributed by atoms with Crippen molar-refractivity contribution >= 4 is 6.09 Å². The van der Waals surface area contributed by atoms with Crippen LogP contribution in [0.3, 0.4) is 0 Å². The molecule has 2 bridgehead atoms. The first-order valence-electron chi connectivity index (χ1n) is 6.03. The van der Waals surface area contributed by atoms with Crippen LogP contribution in [0.1, 0.15) is 33.6 Å². The highest BCUT2D eigenvalue weighted by Crippen LogP contribution is 2.29. The first-order chi connectivity index (χ1) is 7.46. The van der Waals surface area contributed by atoms with E-state index >= 15 is 0 Å². The molecule has 4 nitrogen and oxygen atoms in total. The maximum absolute atomic E-state index is 12.0. The van der Waals surface area contributed by atoms with Crippen LogP contribution in [0.25, 0.3) is 0 Å². The van der Waals surface area contributed by atoms with Gasteiger partial charge in [-0.3, -0.25) is 0 Å². The van der Waals surface area contributed by atoms with Gasteiger partial charge in [-0.15, -0.1) is 0 Å². The smallest absolute Gasteiger partial charge is 0.410 e.